The maximum Gasteiger partial charge on any atom is 0.137 e. The van der Waals surface area contributed by atoms with Crippen LogP contribution in [0, 0.1) is 0 Å². The highest BCUT2D eigenvalue weighted by atomic mass is 15.0. The van der Waals surface area contributed by atoms with Gasteiger partial charge in [-0.15, -0.1) is 0 Å². The number of rotatable bonds is 3. The second-order valence-electron chi connectivity index (χ2n) is 6.56. The van der Waals surface area contributed by atoms with Crippen molar-refractivity contribution in [2.45, 2.75) is 6.42 Å². The minimum absolute atomic E-state index is 0.855. The van der Waals surface area contributed by atoms with E-state index in [1.54, 1.807) is 0 Å². The number of hydrogen-bond acceptors (Lipinski definition) is 1. The lowest BCUT2D eigenvalue weighted by atomic mass is 10.0. The number of fused-ring (bicyclic) bond motifs is 2. The van der Waals surface area contributed by atoms with Gasteiger partial charge < -0.3 is 4.40 Å². The largest absolute Gasteiger partial charge is 0.303 e. The average Bonchev–Trinajstić information content (AvgIpc) is 3.07. The highest BCUT2D eigenvalue weighted by molar-refractivity contribution is 5.87. The van der Waals surface area contributed by atoms with Crippen LogP contribution in [0.1, 0.15) is 11.3 Å². The molecule has 0 amide bonds. The minimum Gasteiger partial charge on any atom is -0.303 e. The monoisotopic (exact) mass is 334 g/mol. The Morgan fingerprint density at radius 3 is 2.35 bits per heavy atom. The summed E-state index contributed by atoms with van der Waals surface area (Å²) in [6, 6.07) is 31.8. The fourth-order valence-corrected chi connectivity index (χ4v) is 3.57. The number of nitrogens with zero attached hydrogens (tertiary/aromatic N) is 2. The summed E-state index contributed by atoms with van der Waals surface area (Å²) < 4.78 is 2.21. The van der Waals surface area contributed by atoms with Crippen LogP contribution >= 0.6 is 0 Å². The summed E-state index contributed by atoms with van der Waals surface area (Å²) in [5.41, 5.74) is 5.73. The van der Waals surface area contributed by atoms with E-state index in [0.717, 1.165) is 17.8 Å². The van der Waals surface area contributed by atoms with Crippen molar-refractivity contribution in [3.8, 4) is 11.3 Å². The van der Waals surface area contributed by atoms with Gasteiger partial charge in [0.05, 0.1) is 11.4 Å². The fraction of sp³-hybridized carbons (Fsp3) is 0.0417. The van der Waals surface area contributed by atoms with Crippen molar-refractivity contribution in [3.63, 3.8) is 0 Å². The minimum atomic E-state index is 0.855. The van der Waals surface area contributed by atoms with Gasteiger partial charge in [0.15, 0.2) is 0 Å². The lowest BCUT2D eigenvalue weighted by Crippen LogP contribution is -1.96. The third kappa shape index (κ3) is 2.56. The van der Waals surface area contributed by atoms with Crippen LogP contribution in [0.2, 0.25) is 0 Å². The van der Waals surface area contributed by atoms with Gasteiger partial charge >= 0.3 is 0 Å². The van der Waals surface area contributed by atoms with E-state index in [0.29, 0.717) is 0 Å². The summed E-state index contributed by atoms with van der Waals surface area (Å²) in [5.74, 6) is 0. The van der Waals surface area contributed by atoms with E-state index < -0.39 is 0 Å². The zero-order valence-corrected chi connectivity index (χ0v) is 14.3. The molecule has 0 radical (unpaired) electrons. The first-order chi connectivity index (χ1) is 12.9. The SMILES string of the molecule is c1ccc(Cc2c(-c3ccc4ccccc4c3)nc3ccccn23)cc1. The molecule has 5 aromatic rings. The van der Waals surface area contributed by atoms with Crippen molar-refractivity contribution in [3.05, 3.63) is 108 Å². The summed E-state index contributed by atoms with van der Waals surface area (Å²) in [6.45, 7) is 0. The molecular weight excluding hydrogens is 316 g/mol. The average molecular weight is 334 g/mol. The summed E-state index contributed by atoms with van der Waals surface area (Å²) in [6.07, 6.45) is 2.96. The summed E-state index contributed by atoms with van der Waals surface area (Å²) in [7, 11) is 0. The normalized spacial score (nSPS) is 11.2. The first-order valence-electron chi connectivity index (χ1n) is 8.87. The standard InChI is InChI=1S/C24H18N2/c1-2-8-18(9-3-1)16-22-24(25-23-12-6-7-15-26(22)23)21-14-13-19-10-4-5-11-20(19)17-21/h1-15,17H,16H2. The van der Waals surface area contributed by atoms with Gasteiger partial charge in [0.25, 0.3) is 0 Å². The fourth-order valence-electron chi connectivity index (χ4n) is 3.57. The highest BCUT2D eigenvalue weighted by Crippen LogP contribution is 2.29. The summed E-state index contributed by atoms with van der Waals surface area (Å²) >= 11 is 0. The Labute approximate surface area is 152 Å². The Bertz CT molecular complexity index is 1200. The second-order valence-corrected chi connectivity index (χ2v) is 6.56. The molecule has 0 aliphatic carbocycles. The predicted molar refractivity (Wildman–Crippen MR) is 107 cm³/mol. The second kappa shape index (κ2) is 6.16. The number of hydrogen-bond donors (Lipinski definition) is 0. The lowest BCUT2D eigenvalue weighted by molar-refractivity contribution is 1.03. The number of aromatic nitrogens is 2. The molecule has 0 spiro atoms. The van der Waals surface area contributed by atoms with E-state index in [2.05, 4.69) is 95.5 Å². The third-order valence-electron chi connectivity index (χ3n) is 4.87. The topological polar surface area (TPSA) is 17.3 Å². The van der Waals surface area contributed by atoms with Gasteiger partial charge in [-0.1, -0.05) is 72.8 Å². The molecule has 2 nitrogen and oxygen atoms in total. The highest BCUT2D eigenvalue weighted by Gasteiger charge is 2.14. The van der Waals surface area contributed by atoms with Gasteiger partial charge in [-0.05, 0) is 34.5 Å². The van der Waals surface area contributed by atoms with Crippen LogP contribution in [0.25, 0.3) is 27.7 Å². The van der Waals surface area contributed by atoms with Crippen LogP contribution in [0.4, 0.5) is 0 Å². The Hall–Kier alpha value is -3.39. The maximum atomic E-state index is 4.95. The van der Waals surface area contributed by atoms with Gasteiger partial charge in [0.1, 0.15) is 5.65 Å². The van der Waals surface area contributed by atoms with Crippen molar-refractivity contribution in [1.82, 2.24) is 9.38 Å². The smallest absolute Gasteiger partial charge is 0.137 e. The van der Waals surface area contributed by atoms with Crippen LogP contribution in [0.3, 0.4) is 0 Å². The molecule has 26 heavy (non-hydrogen) atoms. The maximum absolute atomic E-state index is 4.95. The van der Waals surface area contributed by atoms with E-state index >= 15 is 0 Å². The van der Waals surface area contributed by atoms with E-state index in [9.17, 15) is 0 Å². The molecule has 2 heteroatoms. The molecule has 0 saturated heterocycles. The first kappa shape index (κ1) is 14.9. The van der Waals surface area contributed by atoms with E-state index in [4.69, 9.17) is 4.98 Å². The zero-order chi connectivity index (χ0) is 17.3. The molecule has 124 valence electrons. The van der Waals surface area contributed by atoms with E-state index in [1.807, 2.05) is 6.07 Å². The van der Waals surface area contributed by atoms with Crippen LogP contribution in [0.5, 0.6) is 0 Å². The van der Waals surface area contributed by atoms with Crippen molar-refractivity contribution in [1.29, 1.82) is 0 Å². The van der Waals surface area contributed by atoms with Crippen LogP contribution < -0.4 is 0 Å². The molecule has 2 aromatic heterocycles. The Morgan fingerprint density at radius 2 is 1.46 bits per heavy atom. The van der Waals surface area contributed by atoms with Crippen molar-refractivity contribution in [2.75, 3.05) is 0 Å². The molecule has 0 saturated carbocycles. The first-order valence-corrected chi connectivity index (χ1v) is 8.87. The molecule has 0 N–H and O–H groups in total. The van der Waals surface area contributed by atoms with Crippen LogP contribution in [0.15, 0.2) is 97.2 Å². The summed E-state index contributed by atoms with van der Waals surface area (Å²) in [4.78, 5) is 4.95. The molecule has 0 unspecified atom stereocenters. The van der Waals surface area contributed by atoms with Gasteiger partial charge in [0.2, 0.25) is 0 Å². The molecule has 0 fully saturated rings. The Kier molecular flexibility index (Phi) is 3.53. The molecular formula is C24H18N2. The van der Waals surface area contributed by atoms with E-state index in [1.165, 1.54) is 27.6 Å². The quantitative estimate of drug-likeness (QED) is 0.411. The van der Waals surface area contributed by atoms with Gasteiger partial charge in [-0.25, -0.2) is 4.98 Å². The zero-order valence-electron chi connectivity index (χ0n) is 14.3. The molecule has 2 heterocycles. The third-order valence-corrected chi connectivity index (χ3v) is 4.87. The molecule has 0 aliphatic rings. The van der Waals surface area contributed by atoms with Gasteiger partial charge in [-0.3, -0.25) is 0 Å². The predicted octanol–water partition coefficient (Wildman–Crippen LogP) is 5.75. The number of imidazole rings is 1. The number of benzene rings is 3. The lowest BCUT2D eigenvalue weighted by Gasteiger charge is -2.07. The Morgan fingerprint density at radius 1 is 0.692 bits per heavy atom. The molecule has 0 bridgehead atoms. The molecule has 3 aromatic carbocycles. The van der Waals surface area contributed by atoms with Crippen LogP contribution in [-0.4, -0.2) is 9.38 Å². The van der Waals surface area contributed by atoms with Crippen molar-refractivity contribution < 1.29 is 0 Å². The molecule has 0 aliphatic heterocycles. The van der Waals surface area contributed by atoms with Crippen molar-refractivity contribution >= 4 is 16.4 Å². The van der Waals surface area contributed by atoms with Crippen molar-refractivity contribution in [2.24, 2.45) is 0 Å². The Balaban J connectivity index is 1.72. The van der Waals surface area contributed by atoms with Gasteiger partial charge in [-0.2, -0.15) is 0 Å². The number of pyridine rings is 1. The molecule has 0 atom stereocenters. The summed E-state index contributed by atoms with van der Waals surface area (Å²) in [5, 5.41) is 2.50. The van der Waals surface area contributed by atoms with Gasteiger partial charge in [0, 0.05) is 18.2 Å². The van der Waals surface area contributed by atoms with E-state index in [-0.39, 0.29) is 0 Å². The van der Waals surface area contributed by atoms with Crippen LogP contribution in [-0.2, 0) is 6.42 Å². The molecule has 5 rings (SSSR count).